The number of esters is 1. The summed E-state index contributed by atoms with van der Waals surface area (Å²) in [5, 5.41) is 5.33. The molecule has 0 bridgehead atoms. The summed E-state index contributed by atoms with van der Waals surface area (Å²) in [6.45, 7) is 3.64. The number of nitrogens with one attached hydrogen (secondary N) is 2. The van der Waals surface area contributed by atoms with Crippen molar-refractivity contribution in [3.63, 3.8) is 0 Å². The minimum absolute atomic E-state index is 0.248. The molecule has 0 saturated heterocycles. The number of carbonyl (C=O) groups excluding carboxylic acids is 2. The fraction of sp³-hybridized carbons (Fsp3) is 0.375. The molecule has 0 radical (unpaired) electrons. The summed E-state index contributed by atoms with van der Waals surface area (Å²) in [5.41, 5.74) is 1.47. The Labute approximate surface area is 134 Å². The molecule has 124 valence electrons. The van der Waals surface area contributed by atoms with Gasteiger partial charge >= 0.3 is 12.0 Å². The Morgan fingerprint density at radius 1 is 1.17 bits per heavy atom. The van der Waals surface area contributed by atoms with Gasteiger partial charge in [0.2, 0.25) is 0 Å². The van der Waals surface area contributed by atoms with E-state index >= 15 is 0 Å². The maximum Gasteiger partial charge on any atom is 0.338 e. The summed E-state index contributed by atoms with van der Waals surface area (Å²) >= 11 is 0. The molecule has 1 heterocycles. The van der Waals surface area contributed by atoms with Crippen molar-refractivity contribution in [1.82, 2.24) is 10.6 Å². The molecule has 23 heavy (non-hydrogen) atoms. The first-order valence-corrected chi connectivity index (χ1v) is 7.18. The second-order valence-electron chi connectivity index (χ2n) is 4.94. The SMILES string of the molecule is CCOC(=O)C1=C(C)NC(=O)NC1c1cc(OC)cc(OC)c1. The van der Waals surface area contributed by atoms with Gasteiger partial charge in [-0.05, 0) is 31.5 Å². The first-order chi connectivity index (χ1) is 11.0. The second-order valence-corrected chi connectivity index (χ2v) is 4.94. The number of urea groups is 1. The lowest BCUT2D eigenvalue weighted by Crippen LogP contribution is -2.45. The van der Waals surface area contributed by atoms with Gasteiger partial charge in [-0.2, -0.15) is 0 Å². The summed E-state index contributed by atoms with van der Waals surface area (Å²) in [6, 6.07) is 4.16. The molecule has 7 heteroatoms. The molecule has 1 aliphatic heterocycles. The highest BCUT2D eigenvalue weighted by Gasteiger charge is 2.32. The van der Waals surface area contributed by atoms with Gasteiger partial charge in [-0.15, -0.1) is 0 Å². The zero-order valence-corrected chi connectivity index (χ0v) is 13.6. The monoisotopic (exact) mass is 320 g/mol. The molecule has 7 nitrogen and oxygen atoms in total. The maximum absolute atomic E-state index is 12.3. The molecule has 2 amide bonds. The van der Waals surface area contributed by atoms with Crippen LogP contribution in [0.4, 0.5) is 4.79 Å². The van der Waals surface area contributed by atoms with Gasteiger partial charge < -0.3 is 24.8 Å². The lowest BCUT2D eigenvalue weighted by Gasteiger charge is -2.28. The normalized spacial score (nSPS) is 17.2. The molecule has 0 spiro atoms. The molecule has 1 atom stereocenters. The Morgan fingerprint density at radius 2 is 1.78 bits per heavy atom. The summed E-state index contributed by atoms with van der Waals surface area (Å²) in [4.78, 5) is 24.1. The third-order valence-corrected chi connectivity index (χ3v) is 3.47. The van der Waals surface area contributed by atoms with Crippen LogP contribution in [0.5, 0.6) is 11.5 Å². The lowest BCUT2D eigenvalue weighted by atomic mass is 9.95. The Balaban J connectivity index is 2.51. The number of hydrogen-bond acceptors (Lipinski definition) is 5. The van der Waals surface area contributed by atoms with Crippen LogP contribution in [0.1, 0.15) is 25.5 Å². The van der Waals surface area contributed by atoms with Crippen LogP contribution in [0.25, 0.3) is 0 Å². The number of amides is 2. The standard InChI is InChI=1S/C16H20N2O5/c1-5-23-15(19)13-9(2)17-16(20)18-14(13)10-6-11(21-3)8-12(7-10)22-4/h6-8,14H,5H2,1-4H3,(H2,17,18,20). The van der Waals surface area contributed by atoms with E-state index in [0.717, 1.165) is 0 Å². The second kappa shape index (κ2) is 7.04. The number of benzene rings is 1. The average molecular weight is 320 g/mol. The molecule has 2 rings (SSSR count). The predicted octanol–water partition coefficient (Wildman–Crippen LogP) is 1.89. The zero-order valence-electron chi connectivity index (χ0n) is 13.6. The zero-order chi connectivity index (χ0) is 17.0. The van der Waals surface area contributed by atoms with Crippen molar-refractivity contribution >= 4 is 12.0 Å². The first kappa shape index (κ1) is 16.7. The number of hydrogen-bond donors (Lipinski definition) is 2. The number of ether oxygens (including phenoxy) is 3. The van der Waals surface area contributed by atoms with Crippen LogP contribution in [-0.4, -0.2) is 32.8 Å². The molecule has 1 aliphatic rings. The topological polar surface area (TPSA) is 85.9 Å². The summed E-state index contributed by atoms with van der Waals surface area (Å²) < 4.78 is 15.6. The summed E-state index contributed by atoms with van der Waals surface area (Å²) in [6.07, 6.45) is 0. The average Bonchev–Trinajstić information content (AvgIpc) is 2.53. The third-order valence-electron chi connectivity index (χ3n) is 3.47. The fourth-order valence-electron chi connectivity index (χ4n) is 2.42. The van der Waals surface area contributed by atoms with Crippen molar-refractivity contribution in [2.24, 2.45) is 0 Å². The van der Waals surface area contributed by atoms with E-state index in [4.69, 9.17) is 14.2 Å². The van der Waals surface area contributed by atoms with E-state index in [1.54, 1.807) is 32.0 Å². The Hall–Kier alpha value is -2.70. The van der Waals surface area contributed by atoms with Crippen LogP contribution < -0.4 is 20.1 Å². The van der Waals surface area contributed by atoms with Crippen molar-refractivity contribution < 1.29 is 23.8 Å². The molecular formula is C16H20N2O5. The molecule has 2 N–H and O–H groups in total. The number of allylic oxidation sites excluding steroid dienone is 1. The minimum Gasteiger partial charge on any atom is -0.497 e. The molecule has 1 unspecified atom stereocenters. The largest absolute Gasteiger partial charge is 0.497 e. The fourth-order valence-corrected chi connectivity index (χ4v) is 2.42. The highest BCUT2D eigenvalue weighted by Crippen LogP contribution is 2.32. The molecular weight excluding hydrogens is 300 g/mol. The third kappa shape index (κ3) is 3.56. The lowest BCUT2D eigenvalue weighted by molar-refractivity contribution is -0.139. The first-order valence-electron chi connectivity index (χ1n) is 7.18. The van der Waals surface area contributed by atoms with E-state index in [1.807, 2.05) is 0 Å². The van der Waals surface area contributed by atoms with Crippen LogP contribution in [0.15, 0.2) is 29.5 Å². The molecule has 0 fully saturated rings. The van der Waals surface area contributed by atoms with Crippen LogP contribution in [0, 0.1) is 0 Å². The van der Waals surface area contributed by atoms with Crippen molar-refractivity contribution in [1.29, 1.82) is 0 Å². The van der Waals surface area contributed by atoms with Gasteiger partial charge in [-0.3, -0.25) is 0 Å². The van der Waals surface area contributed by atoms with Crippen LogP contribution in [0.3, 0.4) is 0 Å². The van der Waals surface area contributed by atoms with E-state index in [9.17, 15) is 9.59 Å². The van der Waals surface area contributed by atoms with Gasteiger partial charge in [-0.25, -0.2) is 9.59 Å². The smallest absolute Gasteiger partial charge is 0.338 e. The minimum atomic E-state index is -0.646. The van der Waals surface area contributed by atoms with Crippen molar-refractivity contribution in [2.75, 3.05) is 20.8 Å². The predicted molar refractivity (Wildman–Crippen MR) is 83.3 cm³/mol. The maximum atomic E-state index is 12.3. The van der Waals surface area contributed by atoms with Crippen LogP contribution >= 0.6 is 0 Å². The number of rotatable bonds is 5. The van der Waals surface area contributed by atoms with Crippen molar-refractivity contribution in [3.8, 4) is 11.5 Å². The number of carbonyl (C=O) groups is 2. The molecule has 0 aliphatic carbocycles. The van der Waals surface area contributed by atoms with Crippen LogP contribution in [-0.2, 0) is 9.53 Å². The highest BCUT2D eigenvalue weighted by atomic mass is 16.5. The number of methoxy groups -OCH3 is 2. The molecule has 0 aromatic heterocycles. The van der Waals surface area contributed by atoms with Crippen molar-refractivity contribution in [2.45, 2.75) is 19.9 Å². The van der Waals surface area contributed by atoms with Gasteiger partial charge in [0.1, 0.15) is 11.5 Å². The highest BCUT2D eigenvalue weighted by molar-refractivity contribution is 5.95. The van der Waals surface area contributed by atoms with E-state index < -0.39 is 12.0 Å². The molecule has 0 saturated carbocycles. The molecule has 1 aromatic carbocycles. The van der Waals surface area contributed by atoms with E-state index in [1.165, 1.54) is 14.2 Å². The molecule has 1 aromatic rings. The van der Waals surface area contributed by atoms with Gasteiger partial charge in [-0.1, -0.05) is 0 Å². The van der Waals surface area contributed by atoms with Gasteiger partial charge in [0.15, 0.2) is 0 Å². The van der Waals surface area contributed by atoms with Crippen molar-refractivity contribution in [3.05, 3.63) is 35.0 Å². The van der Waals surface area contributed by atoms with Gasteiger partial charge in [0, 0.05) is 11.8 Å². The summed E-state index contributed by atoms with van der Waals surface area (Å²) in [7, 11) is 3.07. The Kier molecular flexibility index (Phi) is 5.10. The van der Waals surface area contributed by atoms with E-state index in [0.29, 0.717) is 28.3 Å². The Bertz CT molecular complexity index is 632. The van der Waals surface area contributed by atoms with E-state index in [-0.39, 0.29) is 12.6 Å². The Morgan fingerprint density at radius 3 is 2.30 bits per heavy atom. The van der Waals surface area contributed by atoms with Crippen LogP contribution in [0.2, 0.25) is 0 Å². The van der Waals surface area contributed by atoms with Gasteiger partial charge in [0.25, 0.3) is 0 Å². The van der Waals surface area contributed by atoms with Gasteiger partial charge in [0.05, 0.1) is 32.4 Å². The summed E-state index contributed by atoms with van der Waals surface area (Å²) in [5.74, 6) is 0.644. The van der Waals surface area contributed by atoms with E-state index in [2.05, 4.69) is 10.6 Å². The quantitative estimate of drug-likeness (QED) is 0.809.